The van der Waals surface area contributed by atoms with Crippen LogP contribution in [-0.4, -0.2) is 5.24 Å². The minimum Gasteiger partial charge on any atom is -0.276 e. The molecular weight excluding hydrogens is 243 g/mol. The van der Waals surface area contributed by atoms with Crippen molar-refractivity contribution >= 4 is 16.8 Å². The predicted octanol–water partition coefficient (Wildman–Crippen LogP) is 3.26. The molecule has 1 aromatic rings. The first-order valence-corrected chi connectivity index (χ1v) is 4.47. The Hall–Kier alpha value is -1.54. The molecule has 0 saturated carbocycles. The van der Waals surface area contributed by atoms with Crippen LogP contribution in [0.15, 0.2) is 12.1 Å². The topological polar surface area (TPSA) is 40.9 Å². The maximum absolute atomic E-state index is 12.6. The number of alkyl halides is 3. The highest BCUT2D eigenvalue weighted by molar-refractivity contribution is 6.68. The first kappa shape index (κ1) is 12.5. The van der Waals surface area contributed by atoms with Crippen LogP contribution >= 0.6 is 11.6 Å². The lowest BCUT2D eigenvalue weighted by molar-refractivity contribution is -0.137. The van der Waals surface area contributed by atoms with Gasteiger partial charge in [-0.2, -0.15) is 18.4 Å². The average Bonchev–Trinajstić information content (AvgIpc) is 2.14. The summed E-state index contributed by atoms with van der Waals surface area (Å²) < 4.78 is 37.7. The van der Waals surface area contributed by atoms with Gasteiger partial charge in [-0.15, -0.1) is 0 Å². The largest absolute Gasteiger partial charge is 0.417 e. The molecule has 84 valence electrons. The van der Waals surface area contributed by atoms with Crippen molar-refractivity contribution in [2.45, 2.75) is 13.1 Å². The number of nitriles is 1. The molecule has 0 unspecified atom stereocenters. The van der Waals surface area contributed by atoms with Gasteiger partial charge in [0.2, 0.25) is 0 Å². The number of hydrogen-bond donors (Lipinski definition) is 0. The first-order chi connectivity index (χ1) is 7.27. The Kier molecular flexibility index (Phi) is 3.24. The van der Waals surface area contributed by atoms with Gasteiger partial charge in [-0.25, -0.2) is 0 Å². The van der Waals surface area contributed by atoms with E-state index >= 15 is 0 Å². The van der Waals surface area contributed by atoms with Crippen LogP contribution < -0.4 is 0 Å². The molecule has 0 spiro atoms. The maximum atomic E-state index is 12.6. The highest BCUT2D eigenvalue weighted by atomic mass is 35.5. The van der Waals surface area contributed by atoms with Crippen LogP contribution in [0.3, 0.4) is 0 Å². The summed E-state index contributed by atoms with van der Waals surface area (Å²) >= 11 is 5.12. The van der Waals surface area contributed by atoms with E-state index < -0.39 is 28.1 Å². The molecule has 0 N–H and O–H groups in total. The van der Waals surface area contributed by atoms with Crippen molar-refractivity contribution in [2.24, 2.45) is 0 Å². The second-order valence-electron chi connectivity index (χ2n) is 3.12. The Labute approximate surface area is 94.2 Å². The molecule has 0 heterocycles. The number of carbonyl (C=O) groups is 1. The summed E-state index contributed by atoms with van der Waals surface area (Å²) in [6.45, 7) is 1.39. The number of benzene rings is 1. The number of nitrogens with zero attached hydrogens (tertiary/aromatic N) is 1. The van der Waals surface area contributed by atoms with Crippen molar-refractivity contribution in [3.63, 3.8) is 0 Å². The Morgan fingerprint density at radius 3 is 2.38 bits per heavy atom. The molecular formula is C10H5ClF3NO. The number of aryl methyl sites for hydroxylation is 1. The highest BCUT2D eigenvalue weighted by Gasteiger charge is 2.35. The molecule has 0 atom stereocenters. The van der Waals surface area contributed by atoms with E-state index in [-0.39, 0.29) is 5.56 Å². The molecule has 2 nitrogen and oxygen atoms in total. The number of rotatable bonds is 1. The van der Waals surface area contributed by atoms with Crippen molar-refractivity contribution < 1.29 is 18.0 Å². The van der Waals surface area contributed by atoms with Gasteiger partial charge in [0, 0.05) is 0 Å². The Morgan fingerprint density at radius 1 is 1.44 bits per heavy atom. The molecule has 6 heteroatoms. The maximum Gasteiger partial charge on any atom is 0.417 e. The molecule has 0 aliphatic carbocycles. The van der Waals surface area contributed by atoms with Gasteiger partial charge in [0.15, 0.2) is 0 Å². The van der Waals surface area contributed by atoms with Crippen molar-refractivity contribution in [1.82, 2.24) is 0 Å². The fourth-order valence-corrected chi connectivity index (χ4v) is 1.43. The minimum absolute atomic E-state index is 0.218. The van der Waals surface area contributed by atoms with Gasteiger partial charge in [0.1, 0.15) is 6.07 Å². The second kappa shape index (κ2) is 4.14. The van der Waals surface area contributed by atoms with Crippen LogP contribution in [0.5, 0.6) is 0 Å². The van der Waals surface area contributed by atoms with Crippen molar-refractivity contribution in [3.8, 4) is 6.07 Å². The molecule has 0 aliphatic heterocycles. The summed E-state index contributed by atoms with van der Waals surface area (Å²) in [5.74, 6) is 0. The monoisotopic (exact) mass is 247 g/mol. The van der Waals surface area contributed by atoms with E-state index in [9.17, 15) is 18.0 Å². The zero-order valence-electron chi connectivity index (χ0n) is 8.02. The van der Waals surface area contributed by atoms with Crippen LogP contribution in [0.2, 0.25) is 0 Å². The lowest BCUT2D eigenvalue weighted by Crippen LogP contribution is -2.11. The zero-order valence-corrected chi connectivity index (χ0v) is 8.78. The van der Waals surface area contributed by atoms with Crippen molar-refractivity contribution in [1.29, 1.82) is 5.26 Å². The summed E-state index contributed by atoms with van der Waals surface area (Å²) in [6.07, 6.45) is -4.68. The fourth-order valence-electron chi connectivity index (χ4n) is 1.29. The van der Waals surface area contributed by atoms with Crippen molar-refractivity contribution in [2.75, 3.05) is 0 Å². The zero-order chi connectivity index (χ0) is 12.5. The molecule has 0 saturated heterocycles. The van der Waals surface area contributed by atoms with Gasteiger partial charge in [-0.05, 0) is 36.2 Å². The Morgan fingerprint density at radius 2 is 2.00 bits per heavy atom. The van der Waals surface area contributed by atoms with Gasteiger partial charge in [0.05, 0.1) is 16.7 Å². The normalized spacial score (nSPS) is 11.0. The van der Waals surface area contributed by atoms with E-state index in [1.807, 2.05) is 0 Å². The van der Waals surface area contributed by atoms with Gasteiger partial charge in [-0.1, -0.05) is 0 Å². The molecule has 0 amide bonds. The van der Waals surface area contributed by atoms with Gasteiger partial charge >= 0.3 is 6.18 Å². The quantitative estimate of drug-likeness (QED) is 0.715. The van der Waals surface area contributed by atoms with Gasteiger partial charge < -0.3 is 0 Å². The standard InChI is InChI=1S/C10H5ClF3NO/c1-5-2-6(9(11)16)7(4-15)8(3-5)10(12,13)14/h2-3H,1H3. The van der Waals surface area contributed by atoms with E-state index in [0.717, 1.165) is 12.1 Å². The van der Waals surface area contributed by atoms with E-state index in [4.69, 9.17) is 16.9 Å². The van der Waals surface area contributed by atoms with Crippen LogP contribution in [0.25, 0.3) is 0 Å². The molecule has 0 radical (unpaired) electrons. The number of hydrogen-bond acceptors (Lipinski definition) is 2. The SMILES string of the molecule is Cc1cc(C(=O)Cl)c(C#N)c(C(F)(F)F)c1. The molecule has 0 aromatic heterocycles. The van der Waals surface area contributed by atoms with Crippen LogP contribution in [0.4, 0.5) is 13.2 Å². The molecule has 1 aromatic carbocycles. The second-order valence-corrected chi connectivity index (χ2v) is 3.46. The van der Waals surface area contributed by atoms with E-state index in [2.05, 4.69) is 0 Å². The lowest BCUT2D eigenvalue weighted by Gasteiger charge is -2.11. The Bertz CT molecular complexity index is 488. The smallest absolute Gasteiger partial charge is 0.276 e. The van der Waals surface area contributed by atoms with Crippen molar-refractivity contribution in [3.05, 3.63) is 34.4 Å². The summed E-state index contributed by atoms with van der Waals surface area (Å²) in [6, 6.07) is 3.32. The molecule has 1 rings (SSSR count). The lowest BCUT2D eigenvalue weighted by atomic mass is 9.99. The summed E-state index contributed by atoms with van der Waals surface area (Å²) in [4.78, 5) is 10.9. The Balaban J connectivity index is 3.63. The molecule has 0 aliphatic rings. The summed E-state index contributed by atoms with van der Waals surface area (Å²) in [7, 11) is 0. The third-order valence-electron chi connectivity index (χ3n) is 1.91. The minimum atomic E-state index is -4.68. The molecule has 0 bridgehead atoms. The van der Waals surface area contributed by atoms with E-state index in [1.54, 1.807) is 0 Å². The number of halogens is 4. The summed E-state index contributed by atoms with van der Waals surface area (Å²) in [5.41, 5.74) is -2.08. The number of carbonyl (C=O) groups excluding carboxylic acids is 1. The van der Waals surface area contributed by atoms with E-state index in [1.165, 1.54) is 13.0 Å². The van der Waals surface area contributed by atoms with E-state index in [0.29, 0.717) is 0 Å². The summed E-state index contributed by atoms with van der Waals surface area (Å²) in [5, 5.41) is 7.56. The van der Waals surface area contributed by atoms with Crippen LogP contribution in [0, 0.1) is 18.3 Å². The average molecular weight is 248 g/mol. The van der Waals surface area contributed by atoms with Gasteiger partial charge in [-0.3, -0.25) is 4.79 Å². The molecule has 0 fully saturated rings. The highest BCUT2D eigenvalue weighted by Crippen LogP contribution is 2.34. The third kappa shape index (κ3) is 2.34. The van der Waals surface area contributed by atoms with Crippen LogP contribution in [0.1, 0.15) is 27.0 Å². The first-order valence-electron chi connectivity index (χ1n) is 4.09. The fraction of sp³-hybridized carbons (Fsp3) is 0.200. The van der Waals surface area contributed by atoms with Gasteiger partial charge in [0.25, 0.3) is 5.24 Å². The third-order valence-corrected chi connectivity index (χ3v) is 2.12. The predicted molar refractivity (Wildman–Crippen MR) is 51.1 cm³/mol. The molecule has 16 heavy (non-hydrogen) atoms. The van der Waals surface area contributed by atoms with Crippen LogP contribution in [-0.2, 0) is 6.18 Å².